The Balaban J connectivity index is 1.21. The van der Waals surface area contributed by atoms with Crippen molar-refractivity contribution in [2.75, 3.05) is 47.8 Å². The molecule has 7 nitrogen and oxygen atoms in total. The standard InChI is InChI=1S/C23H27N5O2/c1-16(29)18-4-6-19(7-5-18)27-11-9-26(10-12-27)15-17-13-20-22(24-14-17)28-8-2-3-21(28)23(30)25-20/h4-7,13-14,21H,2-3,8-12,15H2,1H3,(H,25,30)/t21-/m0/s1. The van der Waals surface area contributed by atoms with Gasteiger partial charge in [0.1, 0.15) is 6.04 Å². The molecular weight excluding hydrogens is 378 g/mol. The van der Waals surface area contributed by atoms with E-state index < -0.39 is 0 Å². The van der Waals surface area contributed by atoms with Crippen molar-refractivity contribution in [1.29, 1.82) is 0 Å². The molecule has 0 bridgehead atoms. The molecule has 1 amide bonds. The lowest BCUT2D eigenvalue weighted by molar-refractivity contribution is -0.117. The maximum atomic E-state index is 12.4. The highest BCUT2D eigenvalue weighted by molar-refractivity contribution is 6.03. The van der Waals surface area contributed by atoms with Gasteiger partial charge < -0.3 is 15.1 Å². The number of carbonyl (C=O) groups excluding carboxylic acids is 2. The number of amides is 1. The van der Waals surface area contributed by atoms with Crippen molar-refractivity contribution < 1.29 is 9.59 Å². The Kier molecular flexibility index (Phi) is 4.90. The Labute approximate surface area is 176 Å². The number of Topliss-reactive ketones (excluding diaryl/α,β-unsaturated/α-hetero) is 1. The van der Waals surface area contributed by atoms with Crippen LogP contribution in [0.4, 0.5) is 17.2 Å². The zero-order valence-electron chi connectivity index (χ0n) is 17.3. The monoisotopic (exact) mass is 405 g/mol. The van der Waals surface area contributed by atoms with Crippen LogP contribution in [0.25, 0.3) is 0 Å². The lowest BCUT2D eigenvalue weighted by atomic mass is 10.1. The second-order valence-electron chi connectivity index (χ2n) is 8.42. The summed E-state index contributed by atoms with van der Waals surface area (Å²) in [5.41, 5.74) is 3.90. The zero-order chi connectivity index (χ0) is 20.7. The molecule has 0 unspecified atom stereocenters. The molecule has 2 saturated heterocycles. The highest BCUT2D eigenvalue weighted by atomic mass is 16.2. The Morgan fingerprint density at radius 1 is 1.13 bits per heavy atom. The minimum Gasteiger partial charge on any atom is -0.369 e. The molecule has 3 aliphatic heterocycles. The van der Waals surface area contributed by atoms with Gasteiger partial charge in [-0.25, -0.2) is 4.98 Å². The average Bonchev–Trinajstić information content (AvgIpc) is 3.25. The van der Waals surface area contributed by atoms with E-state index in [1.54, 1.807) is 6.92 Å². The number of fused-ring (bicyclic) bond motifs is 3. The van der Waals surface area contributed by atoms with E-state index in [1.165, 1.54) is 0 Å². The van der Waals surface area contributed by atoms with Crippen LogP contribution in [0.1, 0.15) is 35.7 Å². The molecule has 5 rings (SSSR count). The Morgan fingerprint density at radius 3 is 2.63 bits per heavy atom. The Bertz CT molecular complexity index is 966. The molecule has 3 aliphatic rings. The number of ketones is 1. The van der Waals surface area contributed by atoms with Crippen LogP contribution in [0.2, 0.25) is 0 Å². The van der Waals surface area contributed by atoms with Gasteiger partial charge in [-0.2, -0.15) is 0 Å². The smallest absolute Gasteiger partial charge is 0.247 e. The van der Waals surface area contributed by atoms with Crippen molar-refractivity contribution in [2.45, 2.75) is 32.4 Å². The van der Waals surface area contributed by atoms with Gasteiger partial charge >= 0.3 is 0 Å². The fourth-order valence-corrected chi connectivity index (χ4v) is 4.75. The molecule has 0 radical (unpaired) electrons. The number of aromatic nitrogens is 1. The topological polar surface area (TPSA) is 68.8 Å². The summed E-state index contributed by atoms with van der Waals surface area (Å²) in [6.45, 7) is 7.16. The van der Waals surface area contributed by atoms with Crippen LogP contribution >= 0.6 is 0 Å². The second kappa shape index (κ2) is 7.72. The van der Waals surface area contributed by atoms with Crippen molar-refractivity contribution >= 4 is 28.9 Å². The molecule has 156 valence electrons. The van der Waals surface area contributed by atoms with Crippen molar-refractivity contribution in [1.82, 2.24) is 9.88 Å². The third-order valence-electron chi connectivity index (χ3n) is 6.43. The summed E-state index contributed by atoms with van der Waals surface area (Å²) in [7, 11) is 0. The highest BCUT2D eigenvalue weighted by Gasteiger charge is 2.37. The molecule has 1 N–H and O–H groups in total. The highest BCUT2D eigenvalue weighted by Crippen LogP contribution is 2.35. The fraction of sp³-hybridized carbons (Fsp3) is 0.435. The van der Waals surface area contributed by atoms with E-state index in [1.807, 2.05) is 30.5 Å². The molecule has 2 aromatic rings. The first kappa shape index (κ1) is 19.1. The molecule has 7 heteroatoms. The maximum absolute atomic E-state index is 12.4. The first-order chi connectivity index (χ1) is 14.6. The van der Waals surface area contributed by atoms with Crippen molar-refractivity contribution in [3.8, 4) is 0 Å². The number of rotatable bonds is 4. The summed E-state index contributed by atoms with van der Waals surface area (Å²) in [4.78, 5) is 35.4. The molecule has 0 spiro atoms. The van der Waals surface area contributed by atoms with Crippen LogP contribution in [0, 0.1) is 0 Å². The molecule has 0 saturated carbocycles. The van der Waals surface area contributed by atoms with E-state index in [-0.39, 0.29) is 17.7 Å². The van der Waals surface area contributed by atoms with Gasteiger partial charge in [-0.1, -0.05) is 0 Å². The van der Waals surface area contributed by atoms with E-state index in [0.29, 0.717) is 0 Å². The predicted molar refractivity (Wildman–Crippen MR) is 117 cm³/mol. The van der Waals surface area contributed by atoms with Gasteiger partial charge in [-0.05, 0) is 55.7 Å². The summed E-state index contributed by atoms with van der Waals surface area (Å²) >= 11 is 0. The number of benzene rings is 1. The van der Waals surface area contributed by atoms with E-state index in [9.17, 15) is 9.59 Å². The quantitative estimate of drug-likeness (QED) is 0.789. The van der Waals surface area contributed by atoms with Crippen LogP contribution in [0.15, 0.2) is 36.5 Å². The molecule has 1 aromatic carbocycles. The summed E-state index contributed by atoms with van der Waals surface area (Å²) in [5.74, 6) is 1.12. The van der Waals surface area contributed by atoms with Gasteiger partial charge in [0.05, 0.1) is 5.69 Å². The van der Waals surface area contributed by atoms with Crippen molar-refractivity contribution in [2.24, 2.45) is 0 Å². The maximum Gasteiger partial charge on any atom is 0.247 e. The van der Waals surface area contributed by atoms with Crippen LogP contribution < -0.4 is 15.1 Å². The molecule has 1 aromatic heterocycles. The van der Waals surface area contributed by atoms with Crippen LogP contribution in [-0.2, 0) is 11.3 Å². The number of hydrogen-bond acceptors (Lipinski definition) is 6. The normalized spacial score (nSPS) is 21.2. The van der Waals surface area contributed by atoms with E-state index in [0.717, 1.165) is 80.4 Å². The van der Waals surface area contributed by atoms with Crippen molar-refractivity contribution in [3.05, 3.63) is 47.7 Å². The molecule has 30 heavy (non-hydrogen) atoms. The molecular formula is C23H27N5O2. The lowest BCUT2D eigenvalue weighted by Crippen LogP contribution is -2.46. The summed E-state index contributed by atoms with van der Waals surface area (Å²) < 4.78 is 0. The number of hydrogen-bond donors (Lipinski definition) is 1. The van der Waals surface area contributed by atoms with Crippen LogP contribution in [0.3, 0.4) is 0 Å². The van der Waals surface area contributed by atoms with Gasteiger partial charge in [0.15, 0.2) is 11.6 Å². The summed E-state index contributed by atoms with van der Waals surface area (Å²) in [5, 5.41) is 3.06. The van der Waals surface area contributed by atoms with Crippen LogP contribution in [0.5, 0.6) is 0 Å². The number of nitrogens with zero attached hydrogens (tertiary/aromatic N) is 4. The molecule has 1 atom stereocenters. The third-order valence-corrected chi connectivity index (χ3v) is 6.43. The zero-order valence-corrected chi connectivity index (χ0v) is 17.3. The first-order valence-electron chi connectivity index (χ1n) is 10.7. The fourth-order valence-electron chi connectivity index (χ4n) is 4.75. The van der Waals surface area contributed by atoms with Gasteiger partial charge in [0.2, 0.25) is 5.91 Å². The number of anilines is 3. The molecule has 4 heterocycles. The van der Waals surface area contributed by atoms with Gasteiger partial charge in [0, 0.05) is 56.7 Å². The number of nitrogens with one attached hydrogen (secondary N) is 1. The van der Waals surface area contributed by atoms with E-state index >= 15 is 0 Å². The average molecular weight is 406 g/mol. The Hall–Kier alpha value is -2.93. The summed E-state index contributed by atoms with van der Waals surface area (Å²) in [6, 6.07) is 9.92. The van der Waals surface area contributed by atoms with Gasteiger partial charge in [-0.15, -0.1) is 0 Å². The second-order valence-corrected chi connectivity index (χ2v) is 8.42. The molecule has 0 aliphatic carbocycles. The number of piperazine rings is 1. The summed E-state index contributed by atoms with van der Waals surface area (Å²) in [6.07, 6.45) is 3.91. The third kappa shape index (κ3) is 3.54. The number of carbonyl (C=O) groups is 2. The molecule has 2 fully saturated rings. The van der Waals surface area contributed by atoms with Crippen LogP contribution in [-0.4, -0.2) is 60.3 Å². The van der Waals surface area contributed by atoms with E-state index in [2.05, 4.69) is 26.1 Å². The first-order valence-corrected chi connectivity index (χ1v) is 10.7. The van der Waals surface area contributed by atoms with E-state index in [4.69, 9.17) is 4.98 Å². The SMILES string of the molecule is CC(=O)c1ccc(N2CCN(Cc3cnc4c(c3)NC(=O)[C@@H]3CCCN43)CC2)cc1. The number of pyridine rings is 1. The van der Waals surface area contributed by atoms with Crippen molar-refractivity contribution in [3.63, 3.8) is 0 Å². The Morgan fingerprint density at radius 2 is 1.90 bits per heavy atom. The predicted octanol–water partition coefficient (Wildman–Crippen LogP) is 2.53. The largest absolute Gasteiger partial charge is 0.369 e. The lowest BCUT2D eigenvalue weighted by Gasteiger charge is -2.36. The van der Waals surface area contributed by atoms with Gasteiger partial charge in [-0.3, -0.25) is 14.5 Å². The van der Waals surface area contributed by atoms with Gasteiger partial charge in [0.25, 0.3) is 0 Å². The minimum atomic E-state index is -0.0477. The minimum absolute atomic E-state index is 0.0477.